The number of aliphatic hydroxyl groups is 1. The highest BCUT2D eigenvalue weighted by Gasteiger charge is 2.26. The number of nitrogens with zero attached hydrogens (tertiary/aromatic N) is 2. The molecule has 0 aliphatic carbocycles. The van der Waals surface area contributed by atoms with Crippen LogP contribution in [0.25, 0.3) is 0 Å². The first-order chi connectivity index (χ1) is 10.2. The molecule has 0 bridgehead atoms. The molecule has 0 radical (unpaired) electrons. The Morgan fingerprint density at radius 3 is 2.90 bits per heavy atom. The molecule has 3 rings (SSSR count). The molecule has 2 fully saturated rings. The van der Waals surface area contributed by atoms with Crippen LogP contribution in [0.2, 0.25) is 0 Å². The third kappa shape index (κ3) is 3.51. The molecule has 2 saturated heterocycles. The monoisotopic (exact) mass is 292 g/mol. The predicted molar refractivity (Wildman–Crippen MR) is 75.2 cm³/mol. The summed E-state index contributed by atoms with van der Waals surface area (Å²) >= 11 is 0. The molecule has 0 saturated carbocycles. The zero-order valence-corrected chi connectivity index (χ0v) is 11.9. The normalized spacial score (nSPS) is 23.3. The Bertz CT molecular complexity index is 502. The van der Waals surface area contributed by atoms with Gasteiger partial charge in [0.1, 0.15) is 6.10 Å². The molecule has 114 valence electrons. The number of β-amino-alcohol motifs (C(OH)–C–C–N with tert-alkyl or cyclic N) is 1. The summed E-state index contributed by atoms with van der Waals surface area (Å²) in [5, 5.41) is 9.52. The van der Waals surface area contributed by atoms with E-state index in [9.17, 15) is 9.90 Å². The van der Waals surface area contributed by atoms with Crippen molar-refractivity contribution in [1.82, 2.24) is 9.88 Å². The Balaban J connectivity index is 1.66. The van der Waals surface area contributed by atoms with E-state index in [0.29, 0.717) is 44.2 Å². The lowest BCUT2D eigenvalue weighted by Crippen LogP contribution is -2.30. The van der Waals surface area contributed by atoms with Crippen molar-refractivity contribution in [3.8, 4) is 5.88 Å². The third-order valence-electron chi connectivity index (χ3n) is 3.89. The minimum Gasteiger partial charge on any atom is -0.474 e. The van der Waals surface area contributed by atoms with Gasteiger partial charge >= 0.3 is 0 Å². The van der Waals surface area contributed by atoms with E-state index in [4.69, 9.17) is 9.47 Å². The summed E-state index contributed by atoms with van der Waals surface area (Å²) < 4.78 is 11.1. The largest absolute Gasteiger partial charge is 0.474 e. The molecule has 2 aliphatic heterocycles. The van der Waals surface area contributed by atoms with E-state index < -0.39 is 6.10 Å². The van der Waals surface area contributed by atoms with Gasteiger partial charge < -0.3 is 19.5 Å². The fraction of sp³-hybridized carbons (Fsp3) is 0.600. The molecule has 1 aromatic rings. The molecule has 1 atom stereocenters. The van der Waals surface area contributed by atoms with Gasteiger partial charge in [0.15, 0.2) is 0 Å². The quantitative estimate of drug-likeness (QED) is 0.894. The molecule has 0 unspecified atom stereocenters. The standard InChI is InChI=1S/C15H20N2O4/c18-12-2-6-17(10-12)15(19)11-1-5-16-14(9-11)21-13-3-7-20-8-4-13/h1,5,9,12-13,18H,2-4,6-8,10H2/t12-/m0/s1. The van der Waals surface area contributed by atoms with E-state index in [2.05, 4.69) is 4.98 Å². The first-order valence-corrected chi connectivity index (χ1v) is 7.40. The van der Waals surface area contributed by atoms with Crippen LogP contribution in [-0.4, -0.2) is 59.4 Å². The summed E-state index contributed by atoms with van der Waals surface area (Å²) in [5.41, 5.74) is 0.557. The maximum atomic E-state index is 12.3. The van der Waals surface area contributed by atoms with E-state index >= 15 is 0 Å². The van der Waals surface area contributed by atoms with Gasteiger partial charge in [0.2, 0.25) is 5.88 Å². The lowest BCUT2D eigenvalue weighted by atomic mass is 10.1. The summed E-state index contributed by atoms with van der Waals surface area (Å²) in [6.07, 6.45) is 3.62. The van der Waals surface area contributed by atoms with Crippen molar-refractivity contribution < 1.29 is 19.4 Å². The molecule has 1 N–H and O–H groups in total. The molecule has 1 amide bonds. The minimum absolute atomic E-state index is 0.0780. The average molecular weight is 292 g/mol. The Labute approximate surface area is 123 Å². The van der Waals surface area contributed by atoms with Crippen LogP contribution in [-0.2, 0) is 4.74 Å². The second-order valence-electron chi connectivity index (χ2n) is 5.51. The van der Waals surface area contributed by atoms with Gasteiger partial charge in [-0.2, -0.15) is 0 Å². The van der Waals surface area contributed by atoms with E-state index in [1.165, 1.54) is 0 Å². The summed E-state index contributed by atoms with van der Waals surface area (Å²) in [4.78, 5) is 18.2. The number of aliphatic hydroxyl groups excluding tert-OH is 1. The van der Waals surface area contributed by atoms with Gasteiger partial charge in [-0.25, -0.2) is 4.98 Å². The van der Waals surface area contributed by atoms with Gasteiger partial charge in [-0.3, -0.25) is 4.79 Å². The number of likely N-dealkylation sites (tertiary alicyclic amines) is 1. The van der Waals surface area contributed by atoms with Crippen molar-refractivity contribution >= 4 is 5.91 Å². The molecule has 0 aromatic carbocycles. The number of rotatable bonds is 3. The van der Waals surface area contributed by atoms with Crippen molar-refractivity contribution in [2.24, 2.45) is 0 Å². The van der Waals surface area contributed by atoms with Crippen LogP contribution in [0.5, 0.6) is 5.88 Å². The molecule has 3 heterocycles. The highest BCUT2D eigenvalue weighted by molar-refractivity contribution is 5.94. The first kappa shape index (κ1) is 14.3. The lowest BCUT2D eigenvalue weighted by molar-refractivity contribution is 0.0236. The smallest absolute Gasteiger partial charge is 0.254 e. The van der Waals surface area contributed by atoms with Crippen molar-refractivity contribution in [3.63, 3.8) is 0 Å². The Kier molecular flexibility index (Phi) is 4.36. The van der Waals surface area contributed by atoms with Crippen LogP contribution in [0.15, 0.2) is 18.3 Å². The van der Waals surface area contributed by atoms with Crippen molar-refractivity contribution in [2.45, 2.75) is 31.5 Å². The van der Waals surface area contributed by atoms with Crippen LogP contribution in [0.3, 0.4) is 0 Å². The second-order valence-corrected chi connectivity index (χ2v) is 5.51. The number of hydrogen-bond acceptors (Lipinski definition) is 5. The Hall–Kier alpha value is -1.66. The van der Waals surface area contributed by atoms with E-state index in [1.54, 1.807) is 23.2 Å². The van der Waals surface area contributed by atoms with Gasteiger partial charge in [0, 0.05) is 43.8 Å². The van der Waals surface area contributed by atoms with E-state index in [-0.39, 0.29) is 12.0 Å². The number of aromatic nitrogens is 1. The topological polar surface area (TPSA) is 71.9 Å². The molecule has 1 aromatic heterocycles. The number of carbonyl (C=O) groups is 1. The zero-order valence-electron chi connectivity index (χ0n) is 11.9. The highest BCUT2D eigenvalue weighted by Crippen LogP contribution is 2.19. The fourth-order valence-corrected chi connectivity index (χ4v) is 2.68. The van der Waals surface area contributed by atoms with E-state index in [1.807, 2.05) is 0 Å². The minimum atomic E-state index is -0.409. The molecule has 6 nitrogen and oxygen atoms in total. The van der Waals surface area contributed by atoms with Crippen LogP contribution in [0.1, 0.15) is 29.6 Å². The van der Waals surface area contributed by atoms with E-state index in [0.717, 1.165) is 12.8 Å². The highest BCUT2D eigenvalue weighted by atomic mass is 16.5. The van der Waals surface area contributed by atoms with Gasteiger partial charge in [0.25, 0.3) is 5.91 Å². The number of carbonyl (C=O) groups excluding carboxylic acids is 1. The average Bonchev–Trinajstić information content (AvgIpc) is 2.94. The van der Waals surface area contributed by atoms with Crippen molar-refractivity contribution in [3.05, 3.63) is 23.9 Å². The second kappa shape index (κ2) is 6.41. The SMILES string of the molecule is O=C(c1ccnc(OC2CCOCC2)c1)N1CC[C@H](O)C1. The van der Waals surface area contributed by atoms with Crippen LogP contribution >= 0.6 is 0 Å². The maximum Gasteiger partial charge on any atom is 0.254 e. The Morgan fingerprint density at radius 1 is 1.38 bits per heavy atom. The van der Waals surface area contributed by atoms with Crippen LogP contribution in [0, 0.1) is 0 Å². The molecule has 21 heavy (non-hydrogen) atoms. The van der Waals surface area contributed by atoms with Crippen molar-refractivity contribution in [2.75, 3.05) is 26.3 Å². The number of hydrogen-bond donors (Lipinski definition) is 1. The van der Waals surface area contributed by atoms with Crippen LogP contribution in [0.4, 0.5) is 0 Å². The van der Waals surface area contributed by atoms with Gasteiger partial charge in [-0.1, -0.05) is 0 Å². The molecular formula is C15H20N2O4. The van der Waals surface area contributed by atoms with Gasteiger partial charge in [-0.05, 0) is 12.5 Å². The first-order valence-electron chi connectivity index (χ1n) is 7.40. The molecule has 0 spiro atoms. The van der Waals surface area contributed by atoms with Crippen molar-refractivity contribution in [1.29, 1.82) is 0 Å². The van der Waals surface area contributed by atoms with Crippen LogP contribution < -0.4 is 4.74 Å². The summed E-state index contributed by atoms with van der Waals surface area (Å²) in [5.74, 6) is 0.401. The molecule has 6 heteroatoms. The van der Waals surface area contributed by atoms with Gasteiger partial charge in [-0.15, -0.1) is 0 Å². The number of ether oxygens (including phenoxy) is 2. The third-order valence-corrected chi connectivity index (χ3v) is 3.89. The zero-order chi connectivity index (χ0) is 14.7. The maximum absolute atomic E-state index is 12.3. The number of amides is 1. The Morgan fingerprint density at radius 2 is 2.19 bits per heavy atom. The summed E-state index contributed by atoms with van der Waals surface area (Å²) in [6.45, 7) is 2.40. The predicted octanol–water partition coefficient (Wildman–Crippen LogP) is 0.846. The molecule has 2 aliphatic rings. The fourth-order valence-electron chi connectivity index (χ4n) is 2.68. The van der Waals surface area contributed by atoms with Gasteiger partial charge in [0.05, 0.1) is 19.3 Å². The lowest BCUT2D eigenvalue weighted by Gasteiger charge is -2.23. The summed E-state index contributed by atoms with van der Waals surface area (Å²) in [7, 11) is 0. The summed E-state index contributed by atoms with van der Waals surface area (Å²) in [6, 6.07) is 3.37. The molecular weight excluding hydrogens is 272 g/mol. The number of pyridine rings is 1.